The van der Waals surface area contributed by atoms with E-state index in [4.69, 9.17) is 5.11 Å². The van der Waals surface area contributed by atoms with Gasteiger partial charge in [0.1, 0.15) is 0 Å². The Morgan fingerprint density at radius 3 is 2.57 bits per heavy atom. The molecule has 0 aliphatic rings. The topological polar surface area (TPSA) is 62.0 Å². The Kier molecular flexibility index (Phi) is 2.83. The van der Waals surface area contributed by atoms with E-state index >= 15 is 0 Å². The van der Waals surface area contributed by atoms with E-state index in [1.165, 1.54) is 7.05 Å². The minimum atomic E-state index is -0.953. The molecule has 0 aromatic rings. The fourth-order valence-corrected chi connectivity index (χ4v) is 0.131. The Balaban J connectivity index is 3.14. The number of rotatable bonds is 2. The highest BCUT2D eigenvalue weighted by molar-refractivity contribution is 5.68. The molecule has 40 valence electrons. The van der Waals surface area contributed by atoms with Gasteiger partial charge in [-0.15, -0.1) is 0 Å². The second-order valence-electron chi connectivity index (χ2n) is 0.893. The first-order valence-electron chi connectivity index (χ1n) is 1.74. The van der Waals surface area contributed by atoms with Crippen LogP contribution in [-0.4, -0.2) is 24.7 Å². The van der Waals surface area contributed by atoms with Crippen LogP contribution in [-0.2, 0) is 4.79 Å². The fourth-order valence-electron chi connectivity index (χ4n) is 0.131. The molecule has 1 N–H and O–H groups in total. The van der Waals surface area contributed by atoms with E-state index in [2.05, 4.69) is 10.2 Å². The van der Waals surface area contributed by atoms with Crippen LogP contribution >= 0.6 is 0 Å². The Bertz CT molecular complexity index is 88.9. The van der Waals surface area contributed by atoms with Gasteiger partial charge in [0.05, 0.1) is 0 Å². The molecule has 0 unspecified atom stereocenters. The normalized spacial score (nSPS) is 9.86. The van der Waals surface area contributed by atoms with Gasteiger partial charge in [0.25, 0.3) is 0 Å². The van der Waals surface area contributed by atoms with Gasteiger partial charge in [-0.1, -0.05) is 0 Å². The molecule has 0 fully saturated rings. The molecule has 0 saturated heterocycles. The van der Waals surface area contributed by atoms with Crippen LogP contribution in [0.4, 0.5) is 0 Å². The maximum atomic E-state index is 9.60. The molecule has 0 radical (unpaired) electrons. The van der Waals surface area contributed by atoms with Crippen LogP contribution < -0.4 is 0 Å². The molecule has 0 heterocycles. The van der Waals surface area contributed by atoms with Crippen LogP contribution in [0.15, 0.2) is 10.2 Å². The zero-order chi connectivity index (χ0) is 5.70. The lowest BCUT2D eigenvalue weighted by atomic mass is 10.7. The van der Waals surface area contributed by atoms with Gasteiger partial charge in [-0.2, -0.15) is 10.2 Å². The van der Waals surface area contributed by atoms with Gasteiger partial charge in [0.15, 0.2) is 6.54 Å². The number of nitrogens with zero attached hydrogens (tertiary/aromatic N) is 2. The highest BCUT2D eigenvalue weighted by atomic mass is 16.4. The number of aliphatic carboxylic acids is 1. The van der Waals surface area contributed by atoms with E-state index in [1.807, 2.05) is 0 Å². The average molecular weight is 102 g/mol. The number of hydrogen-bond donors (Lipinski definition) is 1. The van der Waals surface area contributed by atoms with Gasteiger partial charge in [0, 0.05) is 7.05 Å². The van der Waals surface area contributed by atoms with Crippen molar-refractivity contribution in [2.75, 3.05) is 13.6 Å². The molecule has 0 amide bonds. The summed E-state index contributed by atoms with van der Waals surface area (Å²) in [5, 5.41) is 14.3. The molecule has 0 aromatic carbocycles. The quantitative estimate of drug-likeness (QED) is 0.504. The van der Waals surface area contributed by atoms with E-state index in [0.29, 0.717) is 0 Å². The van der Waals surface area contributed by atoms with Crippen LogP contribution in [0.25, 0.3) is 0 Å². The minimum Gasteiger partial charge on any atom is -0.480 e. The Hall–Kier alpha value is -0.930. The number of carboxylic acid groups (broad SMARTS) is 1. The summed E-state index contributed by atoms with van der Waals surface area (Å²) in [5.74, 6) is -0.953. The Morgan fingerprint density at radius 1 is 1.86 bits per heavy atom. The number of carbonyl (C=O) groups is 1. The van der Waals surface area contributed by atoms with Crippen molar-refractivity contribution in [3.8, 4) is 0 Å². The average Bonchev–Trinajstić information content (AvgIpc) is 1.61. The summed E-state index contributed by atoms with van der Waals surface area (Å²) in [6.07, 6.45) is 0. The maximum absolute atomic E-state index is 9.60. The summed E-state index contributed by atoms with van der Waals surface area (Å²) < 4.78 is 0. The second-order valence-corrected chi connectivity index (χ2v) is 0.893. The molecule has 0 rings (SSSR count). The molecule has 0 bridgehead atoms. The van der Waals surface area contributed by atoms with Gasteiger partial charge < -0.3 is 5.11 Å². The molecular formula is C3H6N2O2. The van der Waals surface area contributed by atoms with Gasteiger partial charge in [-0.25, -0.2) is 0 Å². The summed E-state index contributed by atoms with van der Waals surface area (Å²) in [6, 6.07) is 0. The molecule has 7 heavy (non-hydrogen) atoms. The van der Waals surface area contributed by atoms with Crippen LogP contribution in [0.3, 0.4) is 0 Å². The summed E-state index contributed by atoms with van der Waals surface area (Å²) in [5.41, 5.74) is 0. The molecule has 4 nitrogen and oxygen atoms in total. The number of hydrogen-bond acceptors (Lipinski definition) is 3. The largest absolute Gasteiger partial charge is 0.480 e. The number of azo groups is 1. The predicted molar refractivity (Wildman–Crippen MR) is 23.3 cm³/mol. The lowest BCUT2D eigenvalue weighted by molar-refractivity contribution is -0.135. The third-order valence-electron chi connectivity index (χ3n) is 0.347. The molecule has 0 saturated carbocycles. The van der Waals surface area contributed by atoms with Crippen molar-refractivity contribution < 1.29 is 9.90 Å². The van der Waals surface area contributed by atoms with Gasteiger partial charge in [0.2, 0.25) is 0 Å². The van der Waals surface area contributed by atoms with E-state index in [0.717, 1.165) is 0 Å². The predicted octanol–water partition coefficient (Wildman–Crippen LogP) is 0.153. The first kappa shape index (κ1) is 6.07. The van der Waals surface area contributed by atoms with Crippen LogP contribution in [0.2, 0.25) is 0 Å². The summed E-state index contributed by atoms with van der Waals surface area (Å²) >= 11 is 0. The van der Waals surface area contributed by atoms with Gasteiger partial charge in [-0.05, 0) is 0 Å². The van der Waals surface area contributed by atoms with Crippen molar-refractivity contribution in [1.82, 2.24) is 0 Å². The van der Waals surface area contributed by atoms with Crippen LogP contribution in [0.5, 0.6) is 0 Å². The zero-order valence-corrected chi connectivity index (χ0v) is 3.96. The Morgan fingerprint density at radius 2 is 2.43 bits per heavy atom. The van der Waals surface area contributed by atoms with Crippen LogP contribution in [0, 0.1) is 0 Å². The van der Waals surface area contributed by atoms with Crippen molar-refractivity contribution in [2.45, 2.75) is 0 Å². The van der Waals surface area contributed by atoms with E-state index < -0.39 is 5.97 Å². The lowest BCUT2D eigenvalue weighted by Crippen LogP contribution is -1.97. The van der Waals surface area contributed by atoms with Crippen molar-refractivity contribution >= 4 is 5.97 Å². The summed E-state index contributed by atoms with van der Waals surface area (Å²) in [7, 11) is 1.43. The molecular weight excluding hydrogens is 96.0 g/mol. The standard InChI is InChI=1S/C3H6N2O2/c1-4-5-2-3(6)7/h2H2,1H3,(H,6,7)/b5-4+. The van der Waals surface area contributed by atoms with Crippen molar-refractivity contribution in [3.05, 3.63) is 0 Å². The Labute approximate surface area is 40.9 Å². The first-order valence-corrected chi connectivity index (χ1v) is 1.74. The SMILES string of the molecule is C/N=N/CC(=O)O. The monoisotopic (exact) mass is 102 g/mol. The summed E-state index contributed by atoms with van der Waals surface area (Å²) in [4.78, 5) is 9.60. The molecule has 0 aliphatic heterocycles. The van der Waals surface area contributed by atoms with Gasteiger partial charge >= 0.3 is 5.97 Å². The van der Waals surface area contributed by atoms with Crippen molar-refractivity contribution in [1.29, 1.82) is 0 Å². The first-order chi connectivity index (χ1) is 3.27. The molecule has 0 aromatic heterocycles. The third-order valence-corrected chi connectivity index (χ3v) is 0.347. The zero-order valence-electron chi connectivity index (χ0n) is 3.96. The molecule has 0 spiro atoms. The van der Waals surface area contributed by atoms with E-state index in [-0.39, 0.29) is 6.54 Å². The van der Waals surface area contributed by atoms with Crippen molar-refractivity contribution in [3.63, 3.8) is 0 Å². The van der Waals surface area contributed by atoms with Crippen molar-refractivity contribution in [2.24, 2.45) is 10.2 Å². The van der Waals surface area contributed by atoms with E-state index in [1.54, 1.807) is 0 Å². The molecule has 0 aliphatic carbocycles. The van der Waals surface area contributed by atoms with E-state index in [9.17, 15) is 4.79 Å². The second kappa shape index (κ2) is 3.27. The highest BCUT2D eigenvalue weighted by Gasteiger charge is 1.87. The number of carboxylic acids is 1. The van der Waals surface area contributed by atoms with Crippen LogP contribution in [0.1, 0.15) is 0 Å². The minimum absolute atomic E-state index is 0.226. The maximum Gasteiger partial charge on any atom is 0.327 e. The molecule has 0 atom stereocenters. The smallest absolute Gasteiger partial charge is 0.327 e. The molecule has 4 heteroatoms. The van der Waals surface area contributed by atoms with Gasteiger partial charge in [-0.3, -0.25) is 4.79 Å². The highest BCUT2D eigenvalue weighted by Crippen LogP contribution is 1.68. The lowest BCUT2D eigenvalue weighted by Gasteiger charge is -1.77. The summed E-state index contributed by atoms with van der Waals surface area (Å²) in [6.45, 7) is -0.226. The fraction of sp³-hybridized carbons (Fsp3) is 0.667. The third kappa shape index (κ3) is 5.07.